The number of carbonyl (C=O) groups is 1. The maximum Gasteiger partial charge on any atom is 0.254 e. The predicted octanol–water partition coefficient (Wildman–Crippen LogP) is 5.03. The lowest BCUT2D eigenvalue weighted by Gasteiger charge is -2.26. The van der Waals surface area contributed by atoms with Gasteiger partial charge in [0.05, 0.1) is 13.2 Å². The monoisotopic (exact) mass is 387 g/mol. The standard InChI is InChI=1S/C25H25NO3/c1-26(22-14-12-19-10-6-7-11-21(19)22)25(27)20-13-15-23(24(16-20)28-2)29-17-18-8-4-3-5-9-18/h3-11,13,15-16,22H,12,14,17H2,1-2H3. The van der Waals surface area contributed by atoms with Crippen molar-refractivity contribution < 1.29 is 14.3 Å². The molecule has 29 heavy (non-hydrogen) atoms. The van der Waals surface area contributed by atoms with E-state index in [0.29, 0.717) is 23.7 Å². The highest BCUT2D eigenvalue weighted by Gasteiger charge is 2.29. The molecule has 0 spiro atoms. The quantitative estimate of drug-likeness (QED) is 0.595. The first-order valence-electron chi connectivity index (χ1n) is 9.87. The second kappa shape index (κ2) is 8.39. The molecule has 0 aromatic heterocycles. The molecule has 0 fully saturated rings. The van der Waals surface area contributed by atoms with E-state index in [2.05, 4.69) is 18.2 Å². The Bertz CT molecular complexity index is 1000. The van der Waals surface area contributed by atoms with E-state index in [1.807, 2.05) is 60.5 Å². The van der Waals surface area contributed by atoms with Gasteiger partial charge >= 0.3 is 0 Å². The number of carbonyl (C=O) groups excluding carboxylic acids is 1. The van der Waals surface area contributed by atoms with Crippen LogP contribution < -0.4 is 9.47 Å². The number of rotatable bonds is 6. The van der Waals surface area contributed by atoms with Crippen molar-refractivity contribution in [2.45, 2.75) is 25.5 Å². The number of nitrogens with zero attached hydrogens (tertiary/aromatic N) is 1. The Balaban J connectivity index is 1.50. The van der Waals surface area contributed by atoms with Gasteiger partial charge in [0.15, 0.2) is 11.5 Å². The summed E-state index contributed by atoms with van der Waals surface area (Å²) in [6.07, 6.45) is 1.96. The second-order valence-electron chi connectivity index (χ2n) is 7.31. The highest BCUT2D eigenvalue weighted by molar-refractivity contribution is 5.95. The minimum Gasteiger partial charge on any atom is -0.493 e. The molecular weight excluding hydrogens is 362 g/mol. The normalized spacial score (nSPS) is 14.9. The number of ether oxygens (including phenoxy) is 2. The number of hydrogen-bond donors (Lipinski definition) is 0. The summed E-state index contributed by atoms with van der Waals surface area (Å²) in [6.45, 7) is 0.448. The first-order valence-corrected chi connectivity index (χ1v) is 9.87. The van der Waals surface area contributed by atoms with Crippen molar-refractivity contribution in [1.29, 1.82) is 0 Å². The van der Waals surface area contributed by atoms with Gasteiger partial charge < -0.3 is 14.4 Å². The third-order valence-electron chi connectivity index (χ3n) is 5.54. The Morgan fingerprint density at radius 2 is 1.76 bits per heavy atom. The van der Waals surface area contributed by atoms with Crippen LogP contribution in [0.4, 0.5) is 0 Å². The first kappa shape index (κ1) is 19.1. The maximum absolute atomic E-state index is 13.1. The highest BCUT2D eigenvalue weighted by atomic mass is 16.5. The zero-order valence-corrected chi connectivity index (χ0v) is 16.8. The fourth-order valence-corrected chi connectivity index (χ4v) is 3.94. The third kappa shape index (κ3) is 3.97. The highest BCUT2D eigenvalue weighted by Crippen LogP contribution is 2.36. The van der Waals surface area contributed by atoms with Crippen LogP contribution in [0.3, 0.4) is 0 Å². The average Bonchev–Trinajstić information content (AvgIpc) is 3.21. The molecule has 4 rings (SSSR count). The molecule has 1 aliphatic carbocycles. The minimum absolute atomic E-state index is 0.0142. The molecule has 0 heterocycles. The van der Waals surface area contributed by atoms with Gasteiger partial charge in [-0.15, -0.1) is 0 Å². The summed E-state index contributed by atoms with van der Waals surface area (Å²) in [5, 5.41) is 0. The van der Waals surface area contributed by atoms with Gasteiger partial charge in [-0.25, -0.2) is 0 Å². The fourth-order valence-electron chi connectivity index (χ4n) is 3.94. The molecule has 0 saturated carbocycles. The van der Waals surface area contributed by atoms with Gasteiger partial charge in [0, 0.05) is 12.6 Å². The number of aryl methyl sites for hydroxylation is 1. The lowest BCUT2D eigenvalue weighted by atomic mass is 10.1. The van der Waals surface area contributed by atoms with E-state index in [1.54, 1.807) is 13.2 Å². The van der Waals surface area contributed by atoms with Gasteiger partial charge in [-0.3, -0.25) is 4.79 Å². The van der Waals surface area contributed by atoms with E-state index in [9.17, 15) is 4.79 Å². The molecule has 0 N–H and O–H groups in total. The largest absolute Gasteiger partial charge is 0.493 e. The molecule has 4 heteroatoms. The number of methoxy groups -OCH3 is 1. The zero-order chi connectivity index (χ0) is 20.2. The van der Waals surface area contributed by atoms with Gasteiger partial charge in [0.25, 0.3) is 5.91 Å². The van der Waals surface area contributed by atoms with Crippen LogP contribution in [0, 0.1) is 0 Å². The number of hydrogen-bond acceptors (Lipinski definition) is 3. The summed E-state index contributed by atoms with van der Waals surface area (Å²) in [5.74, 6) is 1.17. The van der Waals surface area contributed by atoms with Gasteiger partial charge in [-0.2, -0.15) is 0 Å². The van der Waals surface area contributed by atoms with Gasteiger partial charge in [0.2, 0.25) is 0 Å². The van der Waals surface area contributed by atoms with E-state index in [-0.39, 0.29) is 11.9 Å². The molecule has 4 nitrogen and oxygen atoms in total. The van der Waals surface area contributed by atoms with Crippen LogP contribution in [0.2, 0.25) is 0 Å². The Labute approximate surface area is 171 Å². The summed E-state index contributed by atoms with van der Waals surface area (Å²) >= 11 is 0. The summed E-state index contributed by atoms with van der Waals surface area (Å²) in [5.41, 5.74) is 4.26. The van der Waals surface area contributed by atoms with Crippen LogP contribution in [0.5, 0.6) is 11.5 Å². The minimum atomic E-state index is -0.0142. The lowest BCUT2D eigenvalue weighted by molar-refractivity contribution is 0.0730. The lowest BCUT2D eigenvalue weighted by Crippen LogP contribution is -2.30. The summed E-state index contributed by atoms with van der Waals surface area (Å²) in [7, 11) is 3.47. The topological polar surface area (TPSA) is 38.8 Å². The molecule has 0 bridgehead atoms. The Morgan fingerprint density at radius 1 is 1.00 bits per heavy atom. The molecule has 3 aromatic carbocycles. The van der Waals surface area contributed by atoms with E-state index in [4.69, 9.17) is 9.47 Å². The molecule has 1 unspecified atom stereocenters. The number of amides is 1. The van der Waals surface area contributed by atoms with Crippen LogP contribution in [-0.4, -0.2) is 25.0 Å². The molecular formula is C25H25NO3. The Kier molecular flexibility index (Phi) is 5.52. The van der Waals surface area contributed by atoms with Crippen molar-refractivity contribution in [2.75, 3.05) is 14.2 Å². The van der Waals surface area contributed by atoms with Crippen LogP contribution >= 0.6 is 0 Å². The van der Waals surface area contributed by atoms with E-state index < -0.39 is 0 Å². The third-order valence-corrected chi connectivity index (χ3v) is 5.54. The van der Waals surface area contributed by atoms with Gasteiger partial charge in [-0.05, 0) is 47.7 Å². The number of fused-ring (bicyclic) bond motifs is 1. The molecule has 1 amide bonds. The van der Waals surface area contributed by atoms with Crippen molar-refractivity contribution in [1.82, 2.24) is 4.90 Å². The second-order valence-corrected chi connectivity index (χ2v) is 7.31. The van der Waals surface area contributed by atoms with Crippen molar-refractivity contribution in [3.05, 3.63) is 95.1 Å². The van der Waals surface area contributed by atoms with Crippen molar-refractivity contribution in [3.63, 3.8) is 0 Å². The zero-order valence-electron chi connectivity index (χ0n) is 16.8. The van der Waals surface area contributed by atoms with Crippen molar-refractivity contribution in [2.24, 2.45) is 0 Å². The average molecular weight is 387 g/mol. The maximum atomic E-state index is 13.1. The molecule has 0 saturated heterocycles. The smallest absolute Gasteiger partial charge is 0.254 e. The molecule has 148 valence electrons. The van der Waals surface area contributed by atoms with Crippen LogP contribution in [0.25, 0.3) is 0 Å². The number of benzene rings is 3. The molecule has 1 aliphatic rings. The van der Waals surface area contributed by atoms with Gasteiger partial charge in [0.1, 0.15) is 6.61 Å². The van der Waals surface area contributed by atoms with Gasteiger partial charge in [-0.1, -0.05) is 54.6 Å². The van der Waals surface area contributed by atoms with Crippen LogP contribution in [-0.2, 0) is 13.0 Å². The molecule has 3 aromatic rings. The first-order chi connectivity index (χ1) is 14.2. The summed E-state index contributed by atoms with van der Waals surface area (Å²) in [6, 6.07) is 23.8. The van der Waals surface area contributed by atoms with E-state index >= 15 is 0 Å². The summed E-state index contributed by atoms with van der Waals surface area (Å²) < 4.78 is 11.4. The SMILES string of the molecule is COc1cc(C(=O)N(C)C2CCc3ccccc32)ccc1OCc1ccccc1. The summed E-state index contributed by atoms with van der Waals surface area (Å²) in [4.78, 5) is 15.0. The fraction of sp³-hybridized carbons (Fsp3) is 0.240. The van der Waals surface area contributed by atoms with Crippen molar-refractivity contribution >= 4 is 5.91 Å². The molecule has 0 aliphatic heterocycles. The van der Waals surface area contributed by atoms with Crippen LogP contribution in [0.1, 0.15) is 39.5 Å². The van der Waals surface area contributed by atoms with Crippen molar-refractivity contribution in [3.8, 4) is 11.5 Å². The van der Waals surface area contributed by atoms with E-state index in [1.165, 1.54) is 11.1 Å². The van der Waals surface area contributed by atoms with Crippen LogP contribution in [0.15, 0.2) is 72.8 Å². The predicted molar refractivity (Wildman–Crippen MR) is 113 cm³/mol. The Hall–Kier alpha value is -3.27. The molecule has 1 atom stereocenters. The van der Waals surface area contributed by atoms with E-state index in [0.717, 1.165) is 18.4 Å². The molecule has 0 radical (unpaired) electrons. The Morgan fingerprint density at radius 3 is 2.55 bits per heavy atom.